The van der Waals surface area contributed by atoms with E-state index in [9.17, 15) is 4.79 Å². The first kappa shape index (κ1) is 18.3. The van der Waals surface area contributed by atoms with E-state index in [1.807, 2.05) is 12.3 Å². The van der Waals surface area contributed by atoms with Gasteiger partial charge in [-0.1, -0.05) is 5.16 Å². The van der Waals surface area contributed by atoms with E-state index in [2.05, 4.69) is 37.0 Å². The average molecular weight is 394 g/mol. The Hall–Kier alpha value is -2.74. The fourth-order valence-electron chi connectivity index (χ4n) is 4.68. The summed E-state index contributed by atoms with van der Waals surface area (Å²) >= 11 is 0. The summed E-state index contributed by atoms with van der Waals surface area (Å²) in [4.78, 5) is 29.3. The van der Waals surface area contributed by atoms with Crippen molar-refractivity contribution in [1.82, 2.24) is 25.0 Å². The van der Waals surface area contributed by atoms with Crippen LogP contribution in [-0.2, 0) is 13.0 Å². The third-order valence-corrected chi connectivity index (χ3v) is 6.34. The number of H-pyrrole nitrogens is 1. The third kappa shape index (κ3) is 3.42. The lowest BCUT2D eigenvalue weighted by atomic mass is 10.00. The lowest BCUT2D eigenvalue weighted by Crippen LogP contribution is -2.31. The zero-order chi connectivity index (χ0) is 19.8. The number of nitrogens with zero attached hydrogens (tertiary/aromatic N) is 5. The van der Waals surface area contributed by atoms with Crippen molar-refractivity contribution in [2.45, 2.75) is 51.1 Å². The van der Waals surface area contributed by atoms with Crippen LogP contribution in [0.15, 0.2) is 23.1 Å². The molecule has 0 aliphatic carbocycles. The van der Waals surface area contributed by atoms with E-state index >= 15 is 0 Å². The molecule has 8 nitrogen and oxygen atoms in total. The minimum Gasteiger partial charge on any atom is -0.360 e. The van der Waals surface area contributed by atoms with Crippen molar-refractivity contribution in [2.24, 2.45) is 0 Å². The fourth-order valence-corrected chi connectivity index (χ4v) is 4.68. The second-order valence-electron chi connectivity index (χ2n) is 8.13. The van der Waals surface area contributed by atoms with E-state index in [0.29, 0.717) is 24.7 Å². The normalized spacial score (nSPS) is 19.8. The molecule has 29 heavy (non-hydrogen) atoms. The molecule has 5 heterocycles. The van der Waals surface area contributed by atoms with Gasteiger partial charge >= 0.3 is 0 Å². The third-order valence-electron chi connectivity index (χ3n) is 6.34. The molecule has 1 unspecified atom stereocenters. The van der Waals surface area contributed by atoms with Gasteiger partial charge in [-0.2, -0.15) is 0 Å². The van der Waals surface area contributed by atoms with Gasteiger partial charge in [-0.05, 0) is 45.3 Å². The quantitative estimate of drug-likeness (QED) is 0.643. The summed E-state index contributed by atoms with van der Waals surface area (Å²) in [5.41, 5.74) is 2.24. The first-order valence-corrected chi connectivity index (χ1v) is 10.4. The number of aromatic nitrogens is 4. The Morgan fingerprint density at radius 2 is 2.28 bits per heavy atom. The number of Topliss-reactive ketones (excluding diaryl/α,β-unsaturated/α-hetero) is 1. The second kappa shape index (κ2) is 7.59. The summed E-state index contributed by atoms with van der Waals surface area (Å²) in [5.74, 6) is 1.80. The largest absolute Gasteiger partial charge is 0.360 e. The zero-order valence-electron chi connectivity index (χ0n) is 16.7. The van der Waals surface area contributed by atoms with Gasteiger partial charge in [0.15, 0.2) is 11.5 Å². The highest BCUT2D eigenvalue weighted by molar-refractivity contribution is 5.96. The van der Waals surface area contributed by atoms with Crippen molar-refractivity contribution in [3.8, 4) is 0 Å². The smallest absolute Gasteiger partial charge is 0.185 e. The number of carbonyl (C=O) groups is 1. The molecule has 0 saturated carbocycles. The van der Waals surface area contributed by atoms with Crippen molar-refractivity contribution in [3.63, 3.8) is 0 Å². The van der Waals surface area contributed by atoms with Gasteiger partial charge in [0.2, 0.25) is 0 Å². The average Bonchev–Trinajstić information content (AvgIpc) is 3.46. The van der Waals surface area contributed by atoms with E-state index in [1.165, 1.54) is 19.4 Å². The predicted octanol–water partition coefficient (Wildman–Crippen LogP) is 2.96. The predicted molar refractivity (Wildman–Crippen MR) is 109 cm³/mol. The van der Waals surface area contributed by atoms with Crippen LogP contribution in [0.1, 0.15) is 53.9 Å². The van der Waals surface area contributed by atoms with Crippen molar-refractivity contribution in [3.05, 3.63) is 35.6 Å². The highest BCUT2D eigenvalue weighted by Gasteiger charge is 2.29. The molecule has 1 fully saturated rings. The topological polar surface area (TPSA) is 91.2 Å². The summed E-state index contributed by atoms with van der Waals surface area (Å²) < 4.78 is 5.52. The van der Waals surface area contributed by atoms with Gasteiger partial charge in [0.1, 0.15) is 23.6 Å². The molecule has 5 rings (SSSR count). The van der Waals surface area contributed by atoms with Crippen LogP contribution in [0, 0.1) is 0 Å². The number of anilines is 1. The molecule has 1 saturated heterocycles. The van der Waals surface area contributed by atoms with Gasteiger partial charge in [-0.3, -0.25) is 4.79 Å². The standard InChI is InChI=1S/C21H26N6O2/c1-26-10-3-5-14(26)4-2-6-17(28)19-16-12-27(11-8-18(16)29-25-19)21-15-7-9-22-20(15)23-13-24-21/h7,9,13-14H,2-6,8,10-12H2,1H3,(H,22,23,24). The minimum absolute atomic E-state index is 0.0898. The van der Waals surface area contributed by atoms with Crippen molar-refractivity contribution < 1.29 is 9.32 Å². The molecule has 1 N–H and O–H groups in total. The summed E-state index contributed by atoms with van der Waals surface area (Å²) in [6, 6.07) is 2.60. The highest BCUT2D eigenvalue weighted by atomic mass is 16.5. The lowest BCUT2D eigenvalue weighted by Gasteiger charge is -2.27. The number of hydrogen-bond acceptors (Lipinski definition) is 7. The van der Waals surface area contributed by atoms with Crippen molar-refractivity contribution in [1.29, 1.82) is 0 Å². The fraction of sp³-hybridized carbons (Fsp3) is 0.524. The lowest BCUT2D eigenvalue weighted by molar-refractivity contribution is 0.0967. The van der Waals surface area contributed by atoms with E-state index in [-0.39, 0.29) is 5.78 Å². The van der Waals surface area contributed by atoms with Crippen molar-refractivity contribution >= 4 is 22.6 Å². The van der Waals surface area contributed by atoms with Gasteiger partial charge in [0.25, 0.3) is 0 Å². The number of aromatic amines is 1. The second-order valence-corrected chi connectivity index (χ2v) is 8.13. The van der Waals surface area contributed by atoms with Crippen LogP contribution >= 0.6 is 0 Å². The molecule has 0 radical (unpaired) electrons. The molecule has 0 aromatic carbocycles. The Balaban J connectivity index is 1.29. The van der Waals surface area contributed by atoms with Crippen LogP contribution in [0.2, 0.25) is 0 Å². The molecule has 0 amide bonds. The summed E-state index contributed by atoms with van der Waals surface area (Å²) in [6.07, 6.45) is 9.16. The molecule has 152 valence electrons. The Bertz CT molecular complexity index is 1030. The molecule has 8 heteroatoms. The number of carbonyl (C=O) groups excluding carboxylic acids is 1. The van der Waals surface area contributed by atoms with Crippen LogP contribution in [0.25, 0.3) is 11.0 Å². The van der Waals surface area contributed by atoms with E-state index < -0.39 is 0 Å². The van der Waals surface area contributed by atoms with Gasteiger partial charge < -0.3 is 19.3 Å². The SMILES string of the molecule is CN1CCCC1CCCC(=O)c1noc2c1CN(c1ncnc3[nH]ccc13)CC2. The molecular weight excluding hydrogens is 368 g/mol. The summed E-state index contributed by atoms with van der Waals surface area (Å²) in [6.45, 7) is 2.53. The van der Waals surface area contributed by atoms with E-state index in [0.717, 1.165) is 54.0 Å². The monoisotopic (exact) mass is 394 g/mol. The molecular formula is C21H26N6O2. The first-order valence-electron chi connectivity index (χ1n) is 10.4. The number of nitrogens with one attached hydrogen (secondary N) is 1. The maximum atomic E-state index is 12.9. The first-order chi connectivity index (χ1) is 14.2. The van der Waals surface area contributed by atoms with Gasteiger partial charge in [-0.25, -0.2) is 9.97 Å². The molecule has 3 aromatic heterocycles. The van der Waals surface area contributed by atoms with Crippen LogP contribution in [-0.4, -0.2) is 57.0 Å². The van der Waals surface area contributed by atoms with E-state index in [1.54, 1.807) is 6.33 Å². The molecule has 2 aliphatic rings. The summed E-state index contributed by atoms with van der Waals surface area (Å²) in [7, 11) is 2.18. The van der Waals surface area contributed by atoms with Gasteiger partial charge in [0.05, 0.1) is 11.9 Å². The maximum absolute atomic E-state index is 12.9. The minimum atomic E-state index is 0.0898. The molecule has 2 aliphatic heterocycles. The number of hydrogen-bond donors (Lipinski definition) is 1. The Morgan fingerprint density at radius 3 is 3.14 bits per heavy atom. The van der Waals surface area contributed by atoms with Crippen LogP contribution < -0.4 is 4.90 Å². The zero-order valence-corrected chi connectivity index (χ0v) is 16.7. The van der Waals surface area contributed by atoms with Crippen LogP contribution in [0.4, 0.5) is 5.82 Å². The van der Waals surface area contributed by atoms with Crippen molar-refractivity contribution in [2.75, 3.05) is 25.0 Å². The van der Waals surface area contributed by atoms with Gasteiger partial charge in [-0.15, -0.1) is 0 Å². The Labute approximate surface area is 169 Å². The molecule has 0 bridgehead atoms. The molecule has 1 atom stereocenters. The van der Waals surface area contributed by atoms with Gasteiger partial charge in [0, 0.05) is 37.2 Å². The number of likely N-dealkylation sites (tertiary alicyclic amines) is 1. The maximum Gasteiger partial charge on any atom is 0.185 e. The number of rotatable bonds is 6. The van der Waals surface area contributed by atoms with E-state index in [4.69, 9.17) is 4.52 Å². The summed E-state index contributed by atoms with van der Waals surface area (Å²) in [5, 5.41) is 5.13. The number of ketones is 1. The Kier molecular flexibility index (Phi) is 4.79. The number of fused-ring (bicyclic) bond motifs is 2. The molecule has 0 spiro atoms. The van der Waals surface area contributed by atoms with Crippen LogP contribution in [0.3, 0.4) is 0 Å². The van der Waals surface area contributed by atoms with Crippen LogP contribution in [0.5, 0.6) is 0 Å². The molecule has 3 aromatic rings. The Morgan fingerprint density at radius 1 is 1.34 bits per heavy atom. The highest BCUT2D eigenvalue weighted by Crippen LogP contribution is 2.30.